The zero-order valence-corrected chi connectivity index (χ0v) is 14.8. The Morgan fingerprint density at radius 2 is 2.12 bits per heavy atom. The number of fused-ring (bicyclic) bond motifs is 1. The van der Waals surface area contributed by atoms with Crippen molar-refractivity contribution in [2.75, 3.05) is 27.2 Å². The van der Waals surface area contributed by atoms with Crippen LogP contribution in [-0.2, 0) is 0 Å². The average Bonchev–Trinajstić information content (AvgIpc) is 3.25. The lowest BCUT2D eigenvalue weighted by Gasteiger charge is -2.30. The summed E-state index contributed by atoms with van der Waals surface area (Å²) in [7, 11) is 3.66. The molecule has 0 atom stereocenters. The van der Waals surface area contributed by atoms with Gasteiger partial charge < -0.3 is 23.9 Å². The van der Waals surface area contributed by atoms with Crippen molar-refractivity contribution in [1.29, 1.82) is 0 Å². The van der Waals surface area contributed by atoms with Gasteiger partial charge in [-0.2, -0.15) is 0 Å². The Kier molecular flexibility index (Phi) is 4.20. The van der Waals surface area contributed by atoms with Crippen LogP contribution in [-0.4, -0.2) is 43.0 Å². The molecule has 6 heteroatoms. The van der Waals surface area contributed by atoms with Gasteiger partial charge in [0, 0.05) is 17.7 Å². The number of carbonyl (C=O) groups excluding carboxylic acids is 1. The van der Waals surface area contributed by atoms with E-state index in [1.54, 1.807) is 25.3 Å². The molecule has 4 rings (SSSR count). The fraction of sp³-hybridized carbons (Fsp3) is 0.350. The van der Waals surface area contributed by atoms with Crippen molar-refractivity contribution in [1.82, 2.24) is 4.90 Å². The first-order valence-electron chi connectivity index (χ1n) is 8.68. The first kappa shape index (κ1) is 16.7. The van der Waals surface area contributed by atoms with Crippen molar-refractivity contribution in [3.8, 4) is 17.2 Å². The van der Waals surface area contributed by atoms with Crippen molar-refractivity contribution in [2.24, 2.45) is 0 Å². The summed E-state index contributed by atoms with van der Waals surface area (Å²) in [5.74, 6) is 1.39. The summed E-state index contributed by atoms with van der Waals surface area (Å²) in [5.41, 5.74) is 1.07. The highest BCUT2D eigenvalue weighted by molar-refractivity contribution is 6.16. The number of piperidine rings is 1. The SMILES string of the molecule is COc1cc(O)c2c(c1C1CCN(C)CC1)O/C(=C\c1ccco1)C2=O. The number of phenols is 1. The predicted molar refractivity (Wildman–Crippen MR) is 95.8 cm³/mol. The molecule has 2 aromatic rings. The molecule has 0 radical (unpaired) electrons. The lowest BCUT2D eigenvalue weighted by Crippen LogP contribution is -2.29. The quantitative estimate of drug-likeness (QED) is 0.851. The summed E-state index contributed by atoms with van der Waals surface area (Å²) in [5, 5.41) is 10.4. The highest BCUT2D eigenvalue weighted by atomic mass is 16.5. The van der Waals surface area contributed by atoms with E-state index in [9.17, 15) is 9.90 Å². The maximum absolute atomic E-state index is 12.8. The topological polar surface area (TPSA) is 72.1 Å². The number of phenolic OH excluding ortho intramolecular Hbond substituents is 1. The molecule has 2 aliphatic rings. The Balaban J connectivity index is 1.79. The zero-order chi connectivity index (χ0) is 18.3. The van der Waals surface area contributed by atoms with E-state index >= 15 is 0 Å². The molecule has 0 amide bonds. The van der Waals surface area contributed by atoms with Gasteiger partial charge in [-0.1, -0.05) is 0 Å². The third-order valence-corrected chi connectivity index (χ3v) is 5.09. The van der Waals surface area contributed by atoms with E-state index in [0.29, 0.717) is 17.3 Å². The number of nitrogens with zero attached hydrogens (tertiary/aromatic N) is 1. The van der Waals surface area contributed by atoms with E-state index in [2.05, 4.69) is 11.9 Å². The van der Waals surface area contributed by atoms with Gasteiger partial charge in [0.1, 0.15) is 28.6 Å². The van der Waals surface area contributed by atoms with Crippen LogP contribution < -0.4 is 9.47 Å². The zero-order valence-electron chi connectivity index (χ0n) is 14.8. The fourth-order valence-corrected chi connectivity index (χ4v) is 3.69. The van der Waals surface area contributed by atoms with Gasteiger partial charge in [-0.3, -0.25) is 4.79 Å². The molecule has 1 N–H and O–H groups in total. The number of ether oxygens (including phenoxy) is 2. The molecule has 0 aliphatic carbocycles. The highest BCUT2D eigenvalue weighted by Crippen LogP contribution is 2.49. The van der Waals surface area contributed by atoms with E-state index in [-0.39, 0.29) is 28.8 Å². The molecule has 0 spiro atoms. The molecule has 3 heterocycles. The van der Waals surface area contributed by atoms with Crippen LogP contribution in [0.4, 0.5) is 0 Å². The number of carbonyl (C=O) groups is 1. The Morgan fingerprint density at radius 1 is 1.35 bits per heavy atom. The predicted octanol–water partition coefficient (Wildman–Crippen LogP) is 3.42. The number of ketones is 1. The fourth-order valence-electron chi connectivity index (χ4n) is 3.69. The van der Waals surface area contributed by atoms with Crippen LogP contribution in [0, 0.1) is 0 Å². The molecule has 0 bridgehead atoms. The van der Waals surface area contributed by atoms with Gasteiger partial charge in [0.05, 0.1) is 13.4 Å². The second-order valence-electron chi connectivity index (χ2n) is 6.75. The molecular formula is C20H21NO5. The minimum Gasteiger partial charge on any atom is -0.507 e. The third kappa shape index (κ3) is 2.76. The molecule has 1 saturated heterocycles. The van der Waals surface area contributed by atoms with Crippen LogP contribution in [0.25, 0.3) is 6.08 Å². The largest absolute Gasteiger partial charge is 0.507 e. The molecule has 0 saturated carbocycles. The number of rotatable bonds is 3. The molecule has 1 aromatic heterocycles. The van der Waals surface area contributed by atoms with Gasteiger partial charge in [-0.05, 0) is 51.0 Å². The normalized spacial score (nSPS) is 19.6. The Hall–Kier alpha value is -2.73. The van der Waals surface area contributed by atoms with E-state index < -0.39 is 0 Å². The Labute approximate surface area is 151 Å². The van der Waals surface area contributed by atoms with E-state index in [0.717, 1.165) is 31.5 Å². The summed E-state index contributed by atoms with van der Waals surface area (Å²) < 4.78 is 16.7. The standard InChI is InChI=1S/C20H21NO5/c1-21-7-5-12(6-8-21)17-15(24-2)11-14(22)18-19(23)16(26-20(17)18)10-13-4-3-9-25-13/h3-4,9-12,22H,5-8H2,1-2H3/b16-10-. The molecule has 2 aliphatic heterocycles. The van der Waals surface area contributed by atoms with Crippen molar-refractivity contribution in [2.45, 2.75) is 18.8 Å². The third-order valence-electron chi connectivity index (χ3n) is 5.09. The number of benzene rings is 1. The van der Waals surface area contributed by atoms with Gasteiger partial charge >= 0.3 is 0 Å². The average molecular weight is 355 g/mol. The van der Waals surface area contributed by atoms with Crippen molar-refractivity contribution in [3.05, 3.63) is 47.1 Å². The summed E-state index contributed by atoms with van der Waals surface area (Å²) in [6.07, 6.45) is 4.97. The number of hydrogen-bond donors (Lipinski definition) is 1. The molecular weight excluding hydrogens is 334 g/mol. The van der Waals surface area contributed by atoms with Crippen LogP contribution in [0.1, 0.15) is 40.4 Å². The number of allylic oxidation sites excluding steroid dienone is 1. The van der Waals surface area contributed by atoms with Crippen molar-refractivity contribution < 1.29 is 23.8 Å². The van der Waals surface area contributed by atoms with Gasteiger partial charge in [0.2, 0.25) is 5.78 Å². The molecule has 26 heavy (non-hydrogen) atoms. The summed E-state index contributed by atoms with van der Waals surface area (Å²) >= 11 is 0. The molecule has 6 nitrogen and oxygen atoms in total. The van der Waals surface area contributed by atoms with Crippen molar-refractivity contribution in [3.63, 3.8) is 0 Å². The maximum Gasteiger partial charge on any atom is 0.235 e. The van der Waals surface area contributed by atoms with Crippen LogP contribution in [0.3, 0.4) is 0 Å². The summed E-state index contributed by atoms with van der Waals surface area (Å²) in [6.45, 7) is 1.93. The summed E-state index contributed by atoms with van der Waals surface area (Å²) in [4.78, 5) is 15.1. The monoisotopic (exact) mass is 355 g/mol. The minimum absolute atomic E-state index is 0.124. The van der Waals surface area contributed by atoms with Crippen LogP contribution >= 0.6 is 0 Å². The smallest absolute Gasteiger partial charge is 0.235 e. The Bertz CT molecular complexity index is 861. The van der Waals surface area contributed by atoms with Crippen LogP contribution in [0.5, 0.6) is 17.2 Å². The van der Waals surface area contributed by atoms with E-state index in [1.165, 1.54) is 12.3 Å². The summed E-state index contributed by atoms with van der Waals surface area (Å²) in [6, 6.07) is 5.00. The second-order valence-corrected chi connectivity index (χ2v) is 6.75. The van der Waals surface area contributed by atoms with Crippen LogP contribution in [0.15, 0.2) is 34.6 Å². The maximum atomic E-state index is 12.8. The lowest BCUT2D eigenvalue weighted by atomic mass is 9.86. The first-order chi connectivity index (χ1) is 12.6. The highest BCUT2D eigenvalue weighted by Gasteiger charge is 2.37. The van der Waals surface area contributed by atoms with Gasteiger partial charge in [-0.25, -0.2) is 0 Å². The molecule has 1 aromatic carbocycles. The van der Waals surface area contributed by atoms with Gasteiger partial charge in [0.25, 0.3) is 0 Å². The lowest BCUT2D eigenvalue weighted by molar-refractivity contribution is 0.101. The Morgan fingerprint density at radius 3 is 2.77 bits per heavy atom. The molecule has 136 valence electrons. The van der Waals surface area contributed by atoms with E-state index in [1.807, 2.05) is 0 Å². The number of Topliss-reactive ketones (excluding diaryl/α,β-unsaturated/α-hetero) is 1. The van der Waals surface area contributed by atoms with E-state index in [4.69, 9.17) is 13.9 Å². The van der Waals surface area contributed by atoms with Gasteiger partial charge in [-0.15, -0.1) is 0 Å². The molecule has 1 fully saturated rings. The second kappa shape index (κ2) is 6.53. The number of methoxy groups -OCH3 is 1. The number of furan rings is 1. The number of aromatic hydroxyl groups is 1. The number of hydrogen-bond acceptors (Lipinski definition) is 6. The van der Waals surface area contributed by atoms with Crippen molar-refractivity contribution >= 4 is 11.9 Å². The number of likely N-dealkylation sites (tertiary alicyclic amines) is 1. The first-order valence-corrected chi connectivity index (χ1v) is 8.68. The van der Waals surface area contributed by atoms with Gasteiger partial charge in [0.15, 0.2) is 5.76 Å². The minimum atomic E-state index is -0.342. The van der Waals surface area contributed by atoms with Crippen LogP contribution in [0.2, 0.25) is 0 Å². The molecule has 0 unspecified atom stereocenters.